The Morgan fingerprint density at radius 1 is 1.00 bits per heavy atom. The van der Waals surface area contributed by atoms with Gasteiger partial charge in [0, 0.05) is 17.3 Å². The standard InChI is InChI=1S/C26H20F2N4O3/c1-15-22(25-30-24(31-35-25)16-7-4-3-5-8-16)23(17-9-6-10-19(13-17)34-2)29-26(33)32(15)18-11-12-20(27)21(28)14-18/h3-14,23H,1-2H3,(H,29,33). The number of anilines is 1. The van der Waals surface area contributed by atoms with E-state index in [0.717, 1.165) is 23.3 Å². The molecule has 0 saturated heterocycles. The van der Waals surface area contributed by atoms with E-state index in [9.17, 15) is 13.6 Å². The van der Waals surface area contributed by atoms with Gasteiger partial charge in [0.05, 0.1) is 24.4 Å². The van der Waals surface area contributed by atoms with Gasteiger partial charge in [0.15, 0.2) is 11.6 Å². The predicted molar refractivity (Wildman–Crippen MR) is 125 cm³/mol. The molecule has 9 heteroatoms. The second kappa shape index (κ2) is 9.02. The van der Waals surface area contributed by atoms with Crippen LogP contribution in [-0.2, 0) is 0 Å². The van der Waals surface area contributed by atoms with Gasteiger partial charge in [-0.05, 0) is 36.8 Å². The largest absolute Gasteiger partial charge is 0.497 e. The summed E-state index contributed by atoms with van der Waals surface area (Å²) in [5.74, 6) is -0.911. The van der Waals surface area contributed by atoms with Gasteiger partial charge in [-0.3, -0.25) is 4.90 Å². The van der Waals surface area contributed by atoms with Crippen molar-refractivity contribution in [2.75, 3.05) is 12.0 Å². The molecule has 4 aromatic rings. The molecule has 0 bridgehead atoms. The number of aromatic nitrogens is 2. The number of methoxy groups -OCH3 is 1. The van der Waals surface area contributed by atoms with Gasteiger partial charge < -0.3 is 14.6 Å². The van der Waals surface area contributed by atoms with Gasteiger partial charge in [0.25, 0.3) is 5.89 Å². The molecule has 3 aromatic carbocycles. The van der Waals surface area contributed by atoms with Gasteiger partial charge in [-0.1, -0.05) is 47.6 Å². The van der Waals surface area contributed by atoms with E-state index >= 15 is 0 Å². The number of benzene rings is 3. The summed E-state index contributed by atoms with van der Waals surface area (Å²) in [7, 11) is 1.55. The minimum absolute atomic E-state index is 0.156. The van der Waals surface area contributed by atoms with Crippen LogP contribution in [0.4, 0.5) is 19.3 Å². The molecular formula is C26H20F2N4O3. The number of halogens is 2. The lowest BCUT2D eigenvalue weighted by Gasteiger charge is -2.35. The van der Waals surface area contributed by atoms with E-state index in [4.69, 9.17) is 9.26 Å². The number of carbonyl (C=O) groups is 1. The predicted octanol–water partition coefficient (Wildman–Crippen LogP) is 5.73. The zero-order chi connectivity index (χ0) is 24.5. The van der Waals surface area contributed by atoms with E-state index in [-0.39, 0.29) is 11.6 Å². The van der Waals surface area contributed by atoms with E-state index < -0.39 is 23.7 Å². The van der Waals surface area contributed by atoms with Gasteiger partial charge in [-0.15, -0.1) is 0 Å². The van der Waals surface area contributed by atoms with Crippen LogP contribution < -0.4 is 15.0 Å². The van der Waals surface area contributed by atoms with E-state index in [2.05, 4.69) is 15.5 Å². The number of ether oxygens (including phenoxy) is 1. The van der Waals surface area contributed by atoms with Crippen LogP contribution in [-0.4, -0.2) is 23.3 Å². The van der Waals surface area contributed by atoms with Gasteiger partial charge in [0.1, 0.15) is 5.75 Å². The van der Waals surface area contributed by atoms with Crippen molar-refractivity contribution in [3.05, 3.63) is 102 Å². The monoisotopic (exact) mass is 474 g/mol. The highest BCUT2D eigenvalue weighted by molar-refractivity contribution is 6.01. The quantitative estimate of drug-likeness (QED) is 0.400. The maximum Gasteiger partial charge on any atom is 0.327 e. The molecule has 35 heavy (non-hydrogen) atoms. The summed E-state index contributed by atoms with van der Waals surface area (Å²) in [6.07, 6.45) is 0. The first-order valence-electron chi connectivity index (χ1n) is 10.8. The van der Waals surface area contributed by atoms with Crippen LogP contribution in [0.2, 0.25) is 0 Å². The maximum atomic E-state index is 14.0. The number of carbonyl (C=O) groups excluding carboxylic acids is 1. The number of hydrogen-bond acceptors (Lipinski definition) is 5. The lowest BCUT2D eigenvalue weighted by molar-refractivity contribution is 0.244. The Labute approximate surface area is 199 Å². The fraction of sp³-hybridized carbons (Fsp3) is 0.115. The van der Waals surface area contributed by atoms with E-state index in [1.807, 2.05) is 36.4 Å². The van der Waals surface area contributed by atoms with Crippen LogP contribution in [0.3, 0.4) is 0 Å². The van der Waals surface area contributed by atoms with E-state index in [1.54, 1.807) is 32.2 Å². The second-order valence-corrected chi connectivity index (χ2v) is 7.88. The lowest BCUT2D eigenvalue weighted by Crippen LogP contribution is -2.46. The number of hydrogen-bond donors (Lipinski definition) is 1. The van der Waals surface area contributed by atoms with Crippen molar-refractivity contribution in [3.63, 3.8) is 0 Å². The second-order valence-electron chi connectivity index (χ2n) is 7.88. The summed E-state index contributed by atoms with van der Waals surface area (Å²) >= 11 is 0. The molecule has 1 aliphatic heterocycles. The highest BCUT2D eigenvalue weighted by Gasteiger charge is 2.37. The van der Waals surface area contributed by atoms with Crippen molar-refractivity contribution in [2.45, 2.75) is 13.0 Å². The molecule has 0 spiro atoms. The molecule has 7 nitrogen and oxygen atoms in total. The van der Waals surface area contributed by atoms with Crippen LogP contribution in [0.5, 0.6) is 5.75 Å². The third-order valence-electron chi connectivity index (χ3n) is 5.76. The Morgan fingerprint density at radius 2 is 1.80 bits per heavy atom. The van der Waals surface area contributed by atoms with Gasteiger partial charge in [0.2, 0.25) is 5.82 Å². The molecule has 0 saturated carbocycles. The molecule has 1 aliphatic rings. The molecule has 5 rings (SSSR count). The molecule has 1 atom stereocenters. The smallest absolute Gasteiger partial charge is 0.327 e. The topological polar surface area (TPSA) is 80.5 Å². The lowest BCUT2D eigenvalue weighted by atomic mass is 9.94. The number of rotatable bonds is 5. The number of allylic oxidation sites excluding steroid dienone is 1. The molecule has 0 fully saturated rings. The van der Waals surface area contributed by atoms with Gasteiger partial charge >= 0.3 is 6.03 Å². The normalized spacial score (nSPS) is 15.8. The first kappa shape index (κ1) is 22.3. The number of nitrogens with one attached hydrogen (secondary N) is 1. The molecule has 2 heterocycles. The van der Waals surface area contributed by atoms with Crippen molar-refractivity contribution >= 4 is 17.3 Å². The van der Waals surface area contributed by atoms with Crippen molar-refractivity contribution in [1.29, 1.82) is 0 Å². The van der Waals surface area contributed by atoms with Crippen molar-refractivity contribution in [2.24, 2.45) is 0 Å². The first-order valence-corrected chi connectivity index (χ1v) is 10.8. The molecule has 1 unspecified atom stereocenters. The summed E-state index contributed by atoms with van der Waals surface area (Å²) in [5, 5.41) is 7.04. The summed E-state index contributed by atoms with van der Waals surface area (Å²) in [5.41, 5.74) is 2.57. The van der Waals surface area contributed by atoms with E-state index in [1.165, 1.54) is 11.0 Å². The molecule has 1 aromatic heterocycles. The SMILES string of the molecule is COc1cccc(C2NC(=O)N(c3ccc(F)c(F)c3)C(C)=C2c2nc(-c3ccccc3)no2)c1. The molecule has 176 valence electrons. The van der Waals surface area contributed by atoms with Gasteiger partial charge in [-0.2, -0.15) is 4.98 Å². The van der Waals surface area contributed by atoms with Crippen LogP contribution in [0.25, 0.3) is 17.0 Å². The van der Waals surface area contributed by atoms with Crippen LogP contribution >= 0.6 is 0 Å². The Bertz CT molecular complexity index is 1440. The minimum atomic E-state index is -1.07. The van der Waals surface area contributed by atoms with E-state index in [0.29, 0.717) is 22.8 Å². The van der Waals surface area contributed by atoms with Crippen LogP contribution in [0.15, 0.2) is 83.0 Å². The Hall–Kier alpha value is -4.53. The van der Waals surface area contributed by atoms with Crippen LogP contribution in [0, 0.1) is 11.6 Å². The summed E-state index contributed by atoms with van der Waals surface area (Å²) in [6.45, 7) is 1.69. The highest BCUT2D eigenvalue weighted by atomic mass is 19.2. The zero-order valence-corrected chi connectivity index (χ0v) is 18.8. The third-order valence-corrected chi connectivity index (χ3v) is 5.76. The summed E-state index contributed by atoms with van der Waals surface area (Å²) in [4.78, 5) is 19.0. The average molecular weight is 474 g/mol. The number of amides is 2. The number of nitrogens with zero attached hydrogens (tertiary/aromatic N) is 3. The number of urea groups is 1. The van der Waals surface area contributed by atoms with Crippen molar-refractivity contribution in [3.8, 4) is 17.1 Å². The van der Waals surface area contributed by atoms with Gasteiger partial charge in [-0.25, -0.2) is 13.6 Å². The summed E-state index contributed by atoms with van der Waals surface area (Å²) in [6, 6.07) is 18.6. The zero-order valence-electron chi connectivity index (χ0n) is 18.8. The Kier molecular flexibility index (Phi) is 5.74. The molecule has 0 radical (unpaired) electrons. The molecule has 0 aliphatic carbocycles. The maximum absolute atomic E-state index is 14.0. The molecule has 1 N–H and O–H groups in total. The minimum Gasteiger partial charge on any atom is -0.497 e. The fourth-order valence-corrected chi connectivity index (χ4v) is 4.06. The average Bonchev–Trinajstić information content (AvgIpc) is 3.36. The van der Waals surface area contributed by atoms with Crippen molar-refractivity contribution in [1.82, 2.24) is 15.5 Å². The first-order chi connectivity index (χ1) is 17.0. The molecule has 2 amide bonds. The fourth-order valence-electron chi connectivity index (χ4n) is 4.06. The molecular weight excluding hydrogens is 454 g/mol. The highest BCUT2D eigenvalue weighted by Crippen LogP contribution is 2.40. The Morgan fingerprint density at radius 3 is 2.54 bits per heavy atom. The van der Waals surface area contributed by atoms with Crippen LogP contribution in [0.1, 0.15) is 24.4 Å². The van der Waals surface area contributed by atoms with Crippen molar-refractivity contribution < 1.29 is 22.8 Å². The third kappa shape index (κ3) is 4.12. The Balaban J connectivity index is 1.67. The summed E-state index contributed by atoms with van der Waals surface area (Å²) < 4.78 is 38.6.